The van der Waals surface area contributed by atoms with Crippen molar-refractivity contribution in [2.75, 3.05) is 0 Å². The van der Waals surface area contributed by atoms with Crippen molar-refractivity contribution >= 4 is 0 Å². The molecule has 2 heteroatoms. The maximum absolute atomic E-state index is 9.45. The zero-order valence-corrected chi connectivity index (χ0v) is 8.13. The molecular formula is C10H16NO+. The highest BCUT2D eigenvalue weighted by Crippen LogP contribution is 2.16. The van der Waals surface area contributed by atoms with Gasteiger partial charge in [-0.1, -0.05) is 13.8 Å². The molecule has 0 aromatic carbocycles. The topological polar surface area (TPSA) is 24.1 Å². The van der Waals surface area contributed by atoms with Crippen molar-refractivity contribution in [2.24, 2.45) is 0 Å². The van der Waals surface area contributed by atoms with Crippen LogP contribution in [0.25, 0.3) is 0 Å². The van der Waals surface area contributed by atoms with E-state index in [9.17, 15) is 5.21 Å². The molecule has 66 valence electrons. The number of aromatic nitrogens is 1. The predicted molar refractivity (Wildman–Crippen MR) is 47.4 cm³/mol. The van der Waals surface area contributed by atoms with Crippen LogP contribution in [0.5, 0.6) is 0 Å². The summed E-state index contributed by atoms with van der Waals surface area (Å²) in [4.78, 5) is 0. The lowest BCUT2D eigenvalue weighted by atomic mass is 10.0. The van der Waals surface area contributed by atoms with Crippen molar-refractivity contribution in [3.05, 3.63) is 29.1 Å². The Kier molecular flexibility index (Phi) is 2.36. The summed E-state index contributed by atoms with van der Waals surface area (Å²) in [6, 6.07) is 2.12. The molecule has 0 unspecified atom stereocenters. The number of hydrogen-bond donors (Lipinski definition) is 1. The standard InChI is InChI=1S/C10H16NO/c1-7(2)10-5-8(3)6-11(12)9(10)4/h5-7,12H,1-4H3/q+1. The Bertz CT molecular complexity index is 292. The minimum absolute atomic E-state index is 0.461. The molecule has 0 aliphatic rings. The molecule has 1 heterocycles. The maximum atomic E-state index is 9.45. The lowest BCUT2D eigenvalue weighted by molar-refractivity contribution is -0.909. The second kappa shape index (κ2) is 3.13. The van der Waals surface area contributed by atoms with E-state index in [1.165, 1.54) is 10.3 Å². The number of aryl methyl sites for hydroxylation is 1. The van der Waals surface area contributed by atoms with Gasteiger partial charge in [0.1, 0.15) is 0 Å². The molecule has 0 aliphatic carbocycles. The van der Waals surface area contributed by atoms with Crippen molar-refractivity contribution in [2.45, 2.75) is 33.6 Å². The molecule has 1 aromatic rings. The molecule has 0 bridgehead atoms. The van der Waals surface area contributed by atoms with Crippen LogP contribution >= 0.6 is 0 Å². The minimum atomic E-state index is 0.461. The van der Waals surface area contributed by atoms with Crippen molar-refractivity contribution in [3.63, 3.8) is 0 Å². The van der Waals surface area contributed by atoms with Gasteiger partial charge in [0.05, 0.1) is 0 Å². The van der Waals surface area contributed by atoms with Crippen molar-refractivity contribution < 1.29 is 9.94 Å². The van der Waals surface area contributed by atoms with Gasteiger partial charge in [0.15, 0.2) is 0 Å². The van der Waals surface area contributed by atoms with Gasteiger partial charge in [0.2, 0.25) is 11.9 Å². The molecule has 12 heavy (non-hydrogen) atoms. The monoisotopic (exact) mass is 166 g/mol. The van der Waals surface area contributed by atoms with Crippen LogP contribution in [0.15, 0.2) is 12.3 Å². The van der Waals surface area contributed by atoms with Crippen molar-refractivity contribution in [3.8, 4) is 0 Å². The lowest BCUT2D eigenvalue weighted by Gasteiger charge is -2.05. The first-order chi connectivity index (χ1) is 5.52. The van der Waals surface area contributed by atoms with E-state index >= 15 is 0 Å². The van der Waals surface area contributed by atoms with Gasteiger partial charge in [-0.3, -0.25) is 5.21 Å². The Hall–Kier alpha value is -1.05. The van der Waals surface area contributed by atoms with E-state index in [4.69, 9.17) is 0 Å². The van der Waals surface area contributed by atoms with Gasteiger partial charge in [-0.15, -0.1) is 0 Å². The quantitative estimate of drug-likeness (QED) is 0.500. The van der Waals surface area contributed by atoms with Gasteiger partial charge in [-0.25, -0.2) is 0 Å². The van der Waals surface area contributed by atoms with Gasteiger partial charge >= 0.3 is 0 Å². The summed E-state index contributed by atoms with van der Waals surface area (Å²) in [5, 5.41) is 9.45. The average molecular weight is 166 g/mol. The largest absolute Gasteiger partial charge is 0.285 e. The van der Waals surface area contributed by atoms with Crippen LogP contribution < -0.4 is 4.73 Å². The van der Waals surface area contributed by atoms with Crippen molar-refractivity contribution in [1.82, 2.24) is 0 Å². The highest BCUT2D eigenvalue weighted by molar-refractivity contribution is 5.22. The van der Waals surface area contributed by atoms with Crippen LogP contribution in [0.3, 0.4) is 0 Å². The van der Waals surface area contributed by atoms with Gasteiger partial charge in [0.25, 0.3) is 0 Å². The minimum Gasteiger partial charge on any atom is -0.285 e. The van der Waals surface area contributed by atoms with Crippen LogP contribution in [0.2, 0.25) is 0 Å². The van der Waals surface area contributed by atoms with Crippen molar-refractivity contribution in [1.29, 1.82) is 0 Å². The Morgan fingerprint density at radius 2 is 1.92 bits per heavy atom. The Balaban J connectivity index is 3.28. The average Bonchev–Trinajstić information content (AvgIpc) is 1.96. The first kappa shape index (κ1) is 9.04. The summed E-state index contributed by atoms with van der Waals surface area (Å²) in [5.41, 5.74) is 3.22. The Morgan fingerprint density at radius 1 is 1.33 bits per heavy atom. The van der Waals surface area contributed by atoms with Crippen LogP contribution in [0.4, 0.5) is 0 Å². The summed E-state index contributed by atoms with van der Waals surface area (Å²) in [7, 11) is 0. The van der Waals surface area contributed by atoms with Crippen LogP contribution in [0.1, 0.15) is 36.6 Å². The van der Waals surface area contributed by atoms with E-state index in [0.29, 0.717) is 5.92 Å². The van der Waals surface area contributed by atoms with E-state index in [1.807, 2.05) is 13.8 Å². The molecule has 2 nitrogen and oxygen atoms in total. The molecule has 0 atom stereocenters. The summed E-state index contributed by atoms with van der Waals surface area (Å²) < 4.78 is 1.20. The highest BCUT2D eigenvalue weighted by Gasteiger charge is 2.14. The number of pyridine rings is 1. The highest BCUT2D eigenvalue weighted by atomic mass is 16.5. The summed E-state index contributed by atoms with van der Waals surface area (Å²) in [6.45, 7) is 8.16. The Labute approximate surface area is 73.4 Å². The molecule has 0 aliphatic heterocycles. The normalized spacial score (nSPS) is 10.8. The SMILES string of the molecule is Cc1cc(C(C)C)c(C)[n+](O)c1. The van der Waals surface area contributed by atoms with Gasteiger partial charge in [0, 0.05) is 22.8 Å². The summed E-state index contributed by atoms with van der Waals surface area (Å²) in [6.07, 6.45) is 1.72. The van der Waals surface area contributed by atoms with E-state index in [2.05, 4.69) is 19.9 Å². The van der Waals surface area contributed by atoms with Gasteiger partial charge < -0.3 is 0 Å². The third-order valence-corrected chi connectivity index (χ3v) is 2.09. The number of nitrogens with zero attached hydrogens (tertiary/aromatic N) is 1. The third-order valence-electron chi connectivity index (χ3n) is 2.09. The number of hydrogen-bond acceptors (Lipinski definition) is 1. The predicted octanol–water partition coefficient (Wildman–Crippen LogP) is 1.95. The zero-order valence-electron chi connectivity index (χ0n) is 8.13. The van der Waals surface area contributed by atoms with E-state index in [-0.39, 0.29) is 0 Å². The summed E-state index contributed by atoms with van der Waals surface area (Å²) >= 11 is 0. The molecular weight excluding hydrogens is 150 g/mol. The second-order valence-corrected chi connectivity index (χ2v) is 3.56. The maximum Gasteiger partial charge on any atom is 0.234 e. The van der Waals surface area contributed by atoms with Gasteiger partial charge in [-0.05, 0) is 18.9 Å². The van der Waals surface area contributed by atoms with Crippen LogP contribution in [-0.4, -0.2) is 5.21 Å². The molecule has 0 radical (unpaired) electrons. The number of rotatable bonds is 1. The molecule has 1 rings (SSSR count). The first-order valence-corrected chi connectivity index (χ1v) is 4.24. The third kappa shape index (κ3) is 1.58. The molecule has 1 aromatic heterocycles. The Morgan fingerprint density at radius 3 is 2.42 bits per heavy atom. The fourth-order valence-corrected chi connectivity index (χ4v) is 1.39. The molecule has 0 amide bonds. The smallest absolute Gasteiger partial charge is 0.234 e. The molecule has 1 N–H and O–H groups in total. The van der Waals surface area contributed by atoms with E-state index < -0.39 is 0 Å². The lowest BCUT2D eigenvalue weighted by Crippen LogP contribution is -2.35. The van der Waals surface area contributed by atoms with Gasteiger partial charge in [-0.2, -0.15) is 0 Å². The van der Waals surface area contributed by atoms with E-state index in [1.54, 1.807) is 6.20 Å². The van der Waals surface area contributed by atoms with Crippen LogP contribution in [-0.2, 0) is 0 Å². The molecule has 0 saturated heterocycles. The van der Waals surface area contributed by atoms with E-state index in [0.717, 1.165) is 11.3 Å². The summed E-state index contributed by atoms with van der Waals surface area (Å²) in [5.74, 6) is 0.461. The zero-order chi connectivity index (χ0) is 9.30. The first-order valence-electron chi connectivity index (χ1n) is 4.24. The molecule has 0 spiro atoms. The molecule has 0 fully saturated rings. The molecule has 0 saturated carbocycles. The van der Waals surface area contributed by atoms with Crippen LogP contribution in [0, 0.1) is 13.8 Å². The fraction of sp³-hybridized carbons (Fsp3) is 0.500. The fourth-order valence-electron chi connectivity index (χ4n) is 1.39. The second-order valence-electron chi connectivity index (χ2n) is 3.56.